The molecule has 0 saturated carbocycles. The first kappa shape index (κ1) is 15.7. The summed E-state index contributed by atoms with van der Waals surface area (Å²) in [7, 11) is 0. The molecular formula is C18H20BrNO2. The SMILES string of the molecule is O[C@H]1Cc2c(Br)cccc2C1NCCOCc1ccccc1. The van der Waals surface area contributed by atoms with Crippen LogP contribution in [0.2, 0.25) is 0 Å². The van der Waals surface area contributed by atoms with Crippen LogP contribution in [-0.2, 0) is 17.8 Å². The molecule has 0 bridgehead atoms. The molecule has 3 rings (SSSR count). The quantitative estimate of drug-likeness (QED) is 0.776. The topological polar surface area (TPSA) is 41.5 Å². The van der Waals surface area contributed by atoms with E-state index in [0.717, 1.165) is 11.0 Å². The van der Waals surface area contributed by atoms with E-state index < -0.39 is 0 Å². The van der Waals surface area contributed by atoms with Crippen LogP contribution in [0.4, 0.5) is 0 Å². The third kappa shape index (κ3) is 3.58. The zero-order valence-corrected chi connectivity index (χ0v) is 13.9. The van der Waals surface area contributed by atoms with Crippen LogP contribution in [0, 0.1) is 0 Å². The molecule has 2 N–H and O–H groups in total. The van der Waals surface area contributed by atoms with Crippen LogP contribution in [0.3, 0.4) is 0 Å². The molecule has 1 aliphatic carbocycles. The maximum Gasteiger partial charge on any atom is 0.0775 e. The molecule has 0 saturated heterocycles. The van der Waals surface area contributed by atoms with Crippen LogP contribution in [0.15, 0.2) is 53.0 Å². The highest BCUT2D eigenvalue weighted by molar-refractivity contribution is 9.10. The number of hydrogen-bond donors (Lipinski definition) is 2. The predicted octanol–water partition coefficient (Wildman–Crippen LogP) is 3.21. The van der Waals surface area contributed by atoms with Gasteiger partial charge in [-0.3, -0.25) is 0 Å². The zero-order chi connectivity index (χ0) is 15.4. The fraction of sp³-hybridized carbons (Fsp3) is 0.333. The number of ether oxygens (including phenoxy) is 1. The molecule has 2 aromatic rings. The van der Waals surface area contributed by atoms with Crippen LogP contribution < -0.4 is 5.32 Å². The summed E-state index contributed by atoms with van der Waals surface area (Å²) in [6.07, 6.45) is 0.321. The predicted molar refractivity (Wildman–Crippen MR) is 90.7 cm³/mol. The number of hydrogen-bond acceptors (Lipinski definition) is 3. The first-order valence-electron chi connectivity index (χ1n) is 7.56. The average molecular weight is 362 g/mol. The second-order valence-corrected chi connectivity index (χ2v) is 6.40. The summed E-state index contributed by atoms with van der Waals surface area (Å²) in [5.41, 5.74) is 3.57. The molecule has 0 amide bonds. The Kier molecular flexibility index (Phi) is 5.26. The highest BCUT2D eigenvalue weighted by atomic mass is 79.9. The van der Waals surface area contributed by atoms with E-state index in [9.17, 15) is 5.11 Å². The van der Waals surface area contributed by atoms with Crippen LogP contribution in [0.1, 0.15) is 22.7 Å². The van der Waals surface area contributed by atoms with E-state index in [4.69, 9.17) is 4.74 Å². The first-order chi connectivity index (χ1) is 10.8. The third-order valence-corrected chi connectivity index (χ3v) is 4.75. The number of fused-ring (bicyclic) bond motifs is 1. The Labute approximate surface area is 139 Å². The number of rotatable bonds is 6. The van der Waals surface area contributed by atoms with E-state index in [1.165, 1.54) is 16.7 Å². The van der Waals surface area contributed by atoms with Crippen molar-refractivity contribution in [3.05, 3.63) is 69.7 Å². The molecule has 2 aromatic carbocycles. The summed E-state index contributed by atoms with van der Waals surface area (Å²) in [5.74, 6) is 0. The van der Waals surface area contributed by atoms with E-state index in [1.807, 2.05) is 30.3 Å². The van der Waals surface area contributed by atoms with E-state index in [2.05, 4.69) is 39.4 Å². The van der Waals surface area contributed by atoms with Crippen molar-refractivity contribution in [2.45, 2.75) is 25.2 Å². The minimum atomic E-state index is -0.372. The van der Waals surface area contributed by atoms with Crippen LogP contribution >= 0.6 is 15.9 Å². The smallest absolute Gasteiger partial charge is 0.0775 e. The van der Waals surface area contributed by atoms with Crippen molar-refractivity contribution in [3.8, 4) is 0 Å². The second-order valence-electron chi connectivity index (χ2n) is 5.55. The number of benzene rings is 2. The monoisotopic (exact) mass is 361 g/mol. The van der Waals surface area contributed by atoms with Gasteiger partial charge < -0.3 is 15.2 Å². The van der Waals surface area contributed by atoms with Gasteiger partial charge in [0, 0.05) is 17.4 Å². The number of aliphatic hydroxyl groups is 1. The molecule has 0 aliphatic heterocycles. The maximum atomic E-state index is 10.2. The molecule has 0 radical (unpaired) electrons. The number of nitrogens with one attached hydrogen (secondary N) is 1. The summed E-state index contributed by atoms with van der Waals surface area (Å²) in [4.78, 5) is 0. The molecule has 116 valence electrons. The van der Waals surface area contributed by atoms with Gasteiger partial charge in [-0.05, 0) is 22.8 Å². The van der Waals surface area contributed by atoms with Crippen molar-refractivity contribution in [2.24, 2.45) is 0 Å². The van der Waals surface area contributed by atoms with Gasteiger partial charge in [-0.15, -0.1) is 0 Å². The maximum absolute atomic E-state index is 10.2. The number of aliphatic hydroxyl groups excluding tert-OH is 1. The molecule has 3 nitrogen and oxygen atoms in total. The summed E-state index contributed by atoms with van der Waals surface area (Å²) in [5, 5.41) is 13.7. The van der Waals surface area contributed by atoms with Crippen LogP contribution in [0.25, 0.3) is 0 Å². The second kappa shape index (κ2) is 7.38. The lowest BCUT2D eigenvalue weighted by Crippen LogP contribution is -2.31. The van der Waals surface area contributed by atoms with Gasteiger partial charge >= 0.3 is 0 Å². The Morgan fingerprint density at radius 1 is 1.14 bits per heavy atom. The molecule has 1 aliphatic rings. The van der Waals surface area contributed by atoms with E-state index in [0.29, 0.717) is 19.6 Å². The van der Waals surface area contributed by atoms with Crippen LogP contribution in [-0.4, -0.2) is 24.4 Å². The Hall–Kier alpha value is -1.20. The molecule has 0 spiro atoms. The van der Waals surface area contributed by atoms with E-state index in [-0.39, 0.29) is 12.1 Å². The van der Waals surface area contributed by atoms with Gasteiger partial charge in [-0.1, -0.05) is 58.4 Å². The van der Waals surface area contributed by atoms with Gasteiger partial charge in [0.2, 0.25) is 0 Å². The molecular weight excluding hydrogens is 342 g/mol. The van der Waals surface area contributed by atoms with Crippen molar-refractivity contribution in [1.82, 2.24) is 5.32 Å². The fourth-order valence-electron chi connectivity index (χ4n) is 2.91. The summed E-state index contributed by atoms with van der Waals surface area (Å²) < 4.78 is 6.75. The normalized spacial score (nSPS) is 20.1. The molecule has 2 atom stereocenters. The molecule has 0 heterocycles. The molecule has 0 fully saturated rings. The van der Waals surface area contributed by atoms with Crippen molar-refractivity contribution in [2.75, 3.05) is 13.2 Å². The van der Waals surface area contributed by atoms with Gasteiger partial charge in [0.1, 0.15) is 0 Å². The molecule has 22 heavy (non-hydrogen) atoms. The fourth-order valence-corrected chi connectivity index (χ4v) is 3.46. The Balaban J connectivity index is 1.47. The van der Waals surface area contributed by atoms with Gasteiger partial charge in [0.15, 0.2) is 0 Å². The zero-order valence-electron chi connectivity index (χ0n) is 12.3. The average Bonchev–Trinajstić information content (AvgIpc) is 2.86. The Bertz CT molecular complexity index is 618. The standard InChI is InChI=1S/C18H20BrNO2/c19-16-8-4-7-14-15(16)11-17(21)18(14)20-9-10-22-12-13-5-2-1-3-6-13/h1-8,17-18,20-21H,9-12H2/t17-,18?/m0/s1. The lowest BCUT2D eigenvalue weighted by molar-refractivity contribution is 0.105. The molecule has 1 unspecified atom stereocenters. The number of halogens is 1. The van der Waals surface area contributed by atoms with E-state index in [1.54, 1.807) is 0 Å². The molecule has 4 heteroatoms. The van der Waals surface area contributed by atoms with Gasteiger partial charge in [0.25, 0.3) is 0 Å². The summed E-state index contributed by atoms with van der Waals surface area (Å²) in [6.45, 7) is 1.97. The molecule has 0 aromatic heterocycles. The highest BCUT2D eigenvalue weighted by Crippen LogP contribution is 2.35. The van der Waals surface area contributed by atoms with Crippen LogP contribution in [0.5, 0.6) is 0 Å². The lowest BCUT2D eigenvalue weighted by atomic mass is 10.1. The van der Waals surface area contributed by atoms with E-state index >= 15 is 0 Å². The van der Waals surface area contributed by atoms with Crippen molar-refractivity contribution in [3.63, 3.8) is 0 Å². The van der Waals surface area contributed by atoms with Crippen molar-refractivity contribution < 1.29 is 9.84 Å². The first-order valence-corrected chi connectivity index (χ1v) is 8.35. The Morgan fingerprint density at radius 3 is 2.77 bits per heavy atom. The minimum absolute atomic E-state index is 0.00664. The minimum Gasteiger partial charge on any atom is -0.391 e. The van der Waals surface area contributed by atoms with Crippen molar-refractivity contribution in [1.29, 1.82) is 0 Å². The van der Waals surface area contributed by atoms with Gasteiger partial charge in [-0.25, -0.2) is 0 Å². The van der Waals surface area contributed by atoms with Gasteiger partial charge in [-0.2, -0.15) is 0 Å². The summed E-state index contributed by atoms with van der Waals surface area (Å²) in [6, 6.07) is 16.3. The highest BCUT2D eigenvalue weighted by Gasteiger charge is 2.31. The Morgan fingerprint density at radius 2 is 1.95 bits per heavy atom. The summed E-state index contributed by atoms with van der Waals surface area (Å²) >= 11 is 3.56. The largest absolute Gasteiger partial charge is 0.391 e. The lowest BCUT2D eigenvalue weighted by Gasteiger charge is -2.18. The van der Waals surface area contributed by atoms with Gasteiger partial charge in [0.05, 0.1) is 25.4 Å². The third-order valence-electron chi connectivity index (χ3n) is 4.01. The van der Waals surface area contributed by atoms with Crippen molar-refractivity contribution >= 4 is 15.9 Å².